The van der Waals surface area contributed by atoms with Crippen molar-refractivity contribution in [3.05, 3.63) is 33.3 Å². The van der Waals surface area contributed by atoms with Crippen molar-refractivity contribution >= 4 is 35.2 Å². The average molecular weight is 296 g/mol. The number of halogens is 1. The molecule has 0 aromatic heterocycles. The van der Waals surface area contributed by atoms with Gasteiger partial charge in [0.25, 0.3) is 5.69 Å². The molecule has 0 bridgehead atoms. The van der Waals surface area contributed by atoms with Gasteiger partial charge in [0.1, 0.15) is 0 Å². The molecule has 0 aliphatic carbocycles. The number of carbonyl (C=O) groups is 1. The molecule has 1 atom stereocenters. The largest absolute Gasteiger partial charge is 0.465 e. The summed E-state index contributed by atoms with van der Waals surface area (Å²) < 4.78 is 4.69. The Bertz CT molecular complexity index is 595. The summed E-state index contributed by atoms with van der Waals surface area (Å²) in [5.41, 5.74) is 0.0537. The molecule has 0 aliphatic rings. The van der Waals surface area contributed by atoms with Crippen LogP contribution in [0.15, 0.2) is 23.2 Å². The van der Waals surface area contributed by atoms with Crippen molar-refractivity contribution in [2.75, 3.05) is 6.61 Å². The van der Waals surface area contributed by atoms with Crippen molar-refractivity contribution in [2.24, 2.45) is 10.9 Å². The Labute approximate surface area is 119 Å². The zero-order chi connectivity index (χ0) is 15.1. The van der Waals surface area contributed by atoms with Crippen LogP contribution in [0.5, 0.6) is 0 Å². The molecule has 0 amide bonds. The number of non-ortho nitro benzene ring substituents is 1. The van der Waals surface area contributed by atoms with E-state index in [1.165, 1.54) is 12.1 Å². The molecule has 20 heavy (non-hydrogen) atoms. The number of nitrogens with zero attached hydrogens (tertiary/aromatic N) is 3. The second kappa shape index (κ2) is 7.21. The number of nitro benzene ring substituents is 1. The number of aliphatic imine (C=N–C) groups is 1. The van der Waals surface area contributed by atoms with Crippen molar-refractivity contribution in [3.63, 3.8) is 0 Å². The van der Waals surface area contributed by atoms with Gasteiger partial charge in [0.2, 0.25) is 0 Å². The van der Waals surface area contributed by atoms with Gasteiger partial charge in [-0.25, -0.2) is 0 Å². The highest BCUT2D eigenvalue weighted by Gasteiger charge is 2.17. The van der Waals surface area contributed by atoms with Gasteiger partial charge in [0.05, 0.1) is 28.3 Å². The summed E-state index contributed by atoms with van der Waals surface area (Å²) in [6, 6.07) is 5.43. The van der Waals surface area contributed by atoms with E-state index in [1.54, 1.807) is 13.0 Å². The average Bonchev–Trinajstić information content (AvgIpc) is 2.41. The third-order valence-electron chi connectivity index (χ3n) is 2.18. The van der Waals surface area contributed by atoms with Crippen LogP contribution in [-0.2, 0) is 9.53 Å². The van der Waals surface area contributed by atoms with Gasteiger partial charge in [0.15, 0.2) is 5.92 Å². The van der Waals surface area contributed by atoms with Gasteiger partial charge >= 0.3 is 5.97 Å². The molecular weight excluding hydrogens is 286 g/mol. The first-order valence-electron chi connectivity index (χ1n) is 5.54. The van der Waals surface area contributed by atoms with Crippen LogP contribution in [0.25, 0.3) is 0 Å². The third-order valence-corrected chi connectivity index (χ3v) is 2.49. The number of nitro groups is 1. The Morgan fingerprint density at radius 1 is 1.70 bits per heavy atom. The number of benzene rings is 1. The summed E-state index contributed by atoms with van der Waals surface area (Å²) in [6.07, 6.45) is 1.09. The molecular formula is C12H10ClN3O4. The minimum absolute atomic E-state index is 0.0519. The van der Waals surface area contributed by atoms with Crippen LogP contribution in [0, 0.1) is 27.4 Å². The van der Waals surface area contributed by atoms with Gasteiger partial charge in [-0.2, -0.15) is 5.26 Å². The van der Waals surface area contributed by atoms with Crippen LogP contribution in [-0.4, -0.2) is 23.7 Å². The number of hydrogen-bond donors (Lipinski definition) is 0. The lowest BCUT2D eigenvalue weighted by Gasteiger charge is -2.03. The molecule has 0 radical (unpaired) electrons. The predicted octanol–water partition coefficient (Wildman–Crippen LogP) is 2.65. The van der Waals surface area contributed by atoms with Crippen LogP contribution < -0.4 is 0 Å². The third kappa shape index (κ3) is 4.03. The zero-order valence-electron chi connectivity index (χ0n) is 10.4. The van der Waals surface area contributed by atoms with Gasteiger partial charge in [-0.3, -0.25) is 19.9 Å². The molecule has 0 saturated carbocycles. The minimum atomic E-state index is -1.15. The fourth-order valence-corrected chi connectivity index (χ4v) is 1.47. The molecule has 0 fully saturated rings. The molecule has 0 spiro atoms. The van der Waals surface area contributed by atoms with E-state index in [0.717, 1.165) is 12.3 Å². The molecule has 1 aromatic carbocycles. The highest BCUT2D eigenvalue weighted by atomic mass is 35.5. The van der Waals surface area contributed by atoms with Gasteiger partial charge in [-0.15, -0.1) is 0 Å². The van der Waals surface area contributed by atoms with E-state index in [9.17, 15) is 14.9 Å². The number of rotatable bonds is 5. The van der Waals surface area contributed by atoms with E-state index in [0.29, 0.717) is 0 Å². The predicted molar refractivity (Wildman–Crippen MR) is 72.0 cm³/mol. The maximum atomic E-state index is 11.4. The lowest BCUT2D eigenvalue weighted by atomic mass is 10.2. The highest BCUT2D eigenvalue weighted by Crippen LogP contribution is 2.28. The van der Waals surface area contributed by atoms with E-state index in [2.05, 4.69) is 9.73 Å². The monoisotopic (exact) mass is 295 g/mol. The van der Waals surface area contributed by atoms with Crippen LogP contribution >= 0.6 is 11.6 Å². The van der Waals surface area contributed by atoms with Gasteiger partial charge in [-0.05, 0) is 13.0 Å². The molecule has 1 rings (SSSR count). The van der Waals surface area contributed by atoms with E-state index >= 15 is 0 Å². The topological polar surface area (TPSA) is 106 Å². The van der Waals surface area contributed by atoms with E-state index < -0.39 is 16.8 Å². The molecule has 0 aliphatic heterocycles. The fraction of sp³-hybridized carbons (Fsp3) is 0.250. The Balaban J connectivity index is 2.92. The molecule has 0 heterocycles. The number of hydrogen-bond acceptors (Lipinski definition) is 6. The number of esters is 1. The van der Waals surface area contributed by atoms with Crippen molar-refractivity contribution in [2.45, 2.75) is 6.92 Å². The summed E-state index contributed by atoms with van der Waals surface area (Å²) in [5.74, 6) is -1.86. The van der Waals surface area contributed by atoms with Gasteiger partial charge in [0, 0.05) is 18.3 Å². The fourth-order valence-electron chi connectivity index (χ4n) is 1.25. The van der Waals surface area contributed by atoms with Crippen LogP contribution in [0.3, 0.4) is 0 Å². The Morgan fingerprint density at radius 2 is 2.40 bits per heavy atom. The molecule has 104 valence electrons. The number of ether oxygens (including phenoxy) is 1. The van der Waals surface area contributed by atoms with E-state index in [1.807, 2.05) is 0 Å². The quantitative estimate of drug-likeness (QED) is 0.359. The second-order valence-electron chi connectivity index (χ2n) is 3.53. The first-order valence-corrected chi connectivity index (χ1v) is 5.91. The van der Waals surface area contributed by atoms with Crippen molar-refractivity contribution < 1.29 is 14.5 Å². The molecule has 8 heteroatoms. The molecule has 1 unspecified atom stereocenters. The summed E-state index contributed by atoms with van der Waals surface area (Å²) in [6.45, 7) is 1.78. The zero-order valence-corrected chi connectivity index (χ0v) is 11.2. The van der Waals surface area contributed by atoms with Crippen LogP contribution in [0.1, 0.15) is 6.92 Å². The summed E-state index contributed by atoms with van der Waals surface area (Å²) in [5, 5.41) is 19.4. The van der Waals surface area contributed by atoms with E-state index in [4.69, 9.17) is 16.9 Å². The van der Waals surface area contributed by atoms with Crippen molar-refractivity contribution in [1.29, 1.82) is 5.26 Å². The second-order valence-corrected chi connectivity index (χ2v) is 3.94. The lowest BCUT2D eigenvalue weighted by Crippen LogP contribution is -2.17. The maximum absolute atomic E-state index is 11.4. The Kier molecular flexibility index (Phi) is 5.62. The standard InChI is InChI=1S/C12H10ClN3O4/c1-2-20-12(17)8(6-14)7-15-11-4-3-9(16(18)19)5-10(11)13/h3-5,7-8H,2H2,1H3. The first-order chi connectivity index (χ1) is 9.49. The van der Waals surface area contributed by atoms with Crippen molar-refractivity contribution in [3.8, 4) is 6.07 Å². The molecule has 1 aromatic rings. The molecule has 0 saturated heterocycles. The van der Waals surface area contributed by atoms with Crippen LogP contribution in [0.2, 0.25) is 5.02 Å². The molecule has 7 nitrogen and oxygen atoms in total. The Hall–Kier alpha value is -2.46. The summed E-state index contributed by atoms with van der Waals surface area (Å²) in [4.78, 5) is 25.2. The maximum Gasteiger partial charge on any atom is 0.328 e. The smallest absolute Gasteiger partial charge is 0.328 e. The van der Waals surface area contributed by atoms with Crippen LogP contribution in [0.4, 0.5) is 11.4 Å². The normalized spacial score (nSPS) is 11.8. The molecule has 0 N–H and O–H groups in total. The number of nitriles is 1. The van der Waals surface area contributed by atoms with Gasteiger partial charge in [-0.1, -0.05) is 11.6 Å². The Morgan fingerprint density at radius 3 is 2.90 bits per heavy atom. The lowest BCUT2D eigenvalue weighted by molar-refractivity contribution is -0.384. The van der Waals surface area contributed by atoms with Gasteiger partial charge < -0.3 is 4.74 Å². The van der Waals surface area contributed by atoms with Crippen molar-refractivity contribution in [1.82, 2.24) is 0 Å². The number of carbonyl (C=O) groups excluding carboxylic acids is 1. The van der Waals surface area contributed by atoms with E-state index in [-0.39, 0.29) is 23.0 Å². The summed E-state index contributed by atoms with van der Waals surface area (Å²) >= 11 is 5.82. The minimum Gasteiger partial charge on any atom is -0.465 e. The summed E-state index contributed by atoms with van der Waals surface area (Å²) in [7, 11) is 0. The SMILES string of the molecule is CCOC(=O)C(C#N)C=Nc1ccc([N+](=O)[O-])cc1Cl. The first kappa shape index (κ1) is 15.6. The highest BCUT2D eigenvalue weighted by molar-refractivity contribution is 6.33.